The minimum absolute atomic E-state index is 0.126. The maximum absolute atomic E-state index is 6.27. The predicted octanol–water partition coefficient (Wildman–Crippen LogP) is 1.90. The highest BCUT2D eigenvalue weighted by Gasteiger charge is 2.46. The van der Waals surface area contributed by atoms with Crippen molar-refractivity contribution in [1.82, 2.24) is 9.55 Å². The van der Waals surface area contributed by atoms with Gasteiger partial charge in [-0.3, -0.25) is 0 Å². The fourth-order valence-electron chi connectivity index (χ4n) is 2.70. The first-order chi connectivity index (χ1) is 7.10. The summed E-state index contributed by atoms with van der Waals surface area (Å²) in [6.45, 7) is 3.03. The van der Waals surface area contributed by atoms with Gasteiger partial charge >= 0.3 is 0 Å². The first kappa shape index (κ1) is 9.67. The van der Waals surface area contributed by atoms with Crippen LogP contribution in [0.2, 0.25) is 5.15 Å². The summed E-state index contributed by atoms with van der Waals surface area (Å²) in [5.74, 6) is 1.65. The highest BCUT2D eigenvalue weighted by atomic mass is 35.5. The quantitative estimate of drug-likeness (QED) is 0.794. The highest BCUT2D eigenvalue weighted by Crippen LogP contribution is 2.44. The number of halogens is 1. The summed E-state index contributed by atoms with van der Waals surface area (Å²) in [5, 5.41) is 0.688. The Morgan fingerprint density at radius 2 is 2.27 bits per heavy atom. The maximum Gasteiger partial charge on any atom is 0.150 e. The smallest absolute Gasteiger partial charge is 0.150 e. The van der Waals surface area contributed by atoms with Gasteiger partial charge in [0.15, 0.2) is 5.15 Å². The van der Waals surface area contributed by atoms with Gasteiger partial charge in [0.25, 0.3) is 0 Å². The Labute approximate surface area is 94.6 Å². The molecular weight excluding hydrogens is 210 g/mol. The van der Waals surface area contributed by atoms with Gasteiger partial charge in [0, 0.05) is 12.1 Å². The topological polar surface area (TPSA) is 43.8 Å². The molecule has 1 unspecified atom stereocenters. The van der Waals surface area contributed by atoms with Crippen molar-refractivity contribution in [3.63, 3.8) is 0 Å². The molecule has 3 rings (SSSR count). The number of aryl methyl sites for hydroxylation is 1. The van der Waals surface area contributed by atoms with Gasteiger partial charge < -0.3 is 10.3 Å². The Morgan fingerprint density at radius 1 is 1.53 bits per heavy atom. The largest absolute Gasteiger partial charge is 0.330 e. The van der Waals surface area contributed by atoms with E-state index in [0.717, 1.165) is 18.8 Å². The van der Waals surface area contributed by atoms with E-state index >= 15 is 0 Å². The third-order valence-electron chi connectivity index (χ3n) is 3.99. The van der Waals surface area contributed by atoms with Gasteiger partial charge in [0.2, 0.25) is 0 Å². The molecular formula is C11H16ClN3. The van der Waals surface area contributed by atoms with Crippen LogP contribution in [0, 0.1) is 12.8 Å². The van der Waals surface area contributed by atoms with Crippen LogP contribution in [0.4, 0.5) is 0 Å². The van der Waals surface area contributed by atoms with Crippen LogP contribution in [-0.2, 0) is 13.0 Å². The molecule has 0 bridgehead atoms. The zero-order chi connectivity index (χ0) is 10.6. The van der Waals surface area contributed by atoms with Crippen LogP contribution in [0.5, 0.6) is 0 Å². The van der Waals surface area contributed by atoms with E-state index in [2.05, 4.69) is 9.55 Å². The minimum Gasteiger partial charge on any atom is -0.330 e. The average Bonchev–Trinajstić information content (AvgIpc) is 2.90. The molecule has 2 N–H and O–H groups in total. The zero-order valence-corrected chi connectivity index (χ0v) is 9.72. The van der Waals surface area contributed by atoms with Crippen LogP contribution in [0.3, 0.4) is 0 Å². The van der Waals surface area contributed by atoms with Crippen LogP contribution in [0.25, 0.3) is 0 Å². The zero-order valence-electron chi connectivity index (χ0n) is 8.96. The van der Waals surface area contributed by atoms with E-state index in [1.807, 2.05) is 6.92 Å². The van der Waals surface area contributed by atoms with Gasteiger partial charge in [-0.05, 0) is 38.5 Å². The van der Waals surface area contributed by atoms with E-state index in [4.69, 9.17) is 17.3 Å². The van der Waals surface area contributed by atoms with E-state index in [1.165, 1.54) is 25.0 Å². The van der Waals surface area contributed by atoms with E-state index in [0.29, 0.717) is 11.1 Å². The van der Waals surface area contributed by atoms with Gasteiger partial charge in [-0.15, -0.1) is 0 Å². The standard InChI is InChI=1S/C11H16ClN3/c1-7-14-10(12)9-3-2-8(6-15(7)9)11(13)4-5-11/h8H,2-6,13H2,1H3. The Kier molecular flexibility index (Phi) is 1.92. The number of hydrogen-bond acceptors (Lipinski definition) is 2. The second-order valence-electron chi connectivity index (χ2n) is 4.98. The molecule has 1 atom stereocenters. The Bertz CT molecular complexity index is 406. The minimum atomic E-state index is 0.126. The van der Waals surface area contributed by atoms with Crippen LogP contribution < -0.4 is 5.73 Å². The fourth-order valence-corrected chi connectivity index (χ4v) is 3.02. The highest BCUT2D eigenvalue weighted by molar-refractivity contribution is 6.30. The van der Waals surface area contributed by atoms with Gasteiger partial charge in [0.1, 0.15) is 5.82 Å². The third-order valence-corrected chi connectivity index (χ3v) is 4.29. The summed E-state index contributed by atoms with van der Waals surface area (Å²) in [4.78, 5) is 4.32. The van der Waals surface area contributed by atoms with Gasteiger partial charge in [-0.2, -0.15) is 0 Å². The molecule has 0 radical (unpaired) electrons. The molecule has 1 saturated carbocycles. The maximum atomic E-state index is 6.27. The monoisotopic (exact) mass is 225 g/mol. The molecule has 0 saturated heterocycles. The van der Waals surface area contributed by atoms with Crippen molar-refractivity contribution in [1.29, 1.82) is 0 Å². The first-order valence-corrected chi connectivity index (χ1v) is 5.98. The van der Waals surface area contributed by atoms with Crippen LogP contribution in [0.1, 0.15) is 30.8 Å². The van der Waals surface area contributed by atoms with Crippen molar-refractivity contribution < 1.29 is 0 Å². The molecule has 1 aliphatic heterocycles. The summed E-state index contributed by atoms with van der Waals surface area (Å²) < 4.78 is 2.25. The summed E-state index contributed by atoms with van der Waals surface area (Å²) >= 11 is 6.08. The van der Waals surface area contributed by atoms with Crippen LogP contribution in [0.15, 0.2) is 0 Å². The molecule has 0 amide bonds. The molecule has 2 heterocycles. The predicted molar refractivity (Wildman–Crippen MR) is 59.9 cm³/mol. The van der Waals surface area contributed by atoms with Crippen molar-refractivity contribution in [3.05, 3.63) is 16.7 Å². The number of nitrogens with two attached hydrogens (primary N) is 1. The number of fused-ring (bicyclic) bond motifs is 1. The van der Waals surface area contributed by atoms with Crippen molar-refractivity contribution >= 4 is 11.6 Å². The van der Waals surface area contributed by atoms with Crippen LogP contribution >= 0.6 is 11.6 Å². The van der Waals surface area contributed by atoms with E-state index < -0.39 is 0 Å². The van der Waals surface area contributed by atoms with E-state index in [9.17, 15) is 0 Å². The molecule has 3 nitrogen and oxygen atoms in total. The molecule has 1 fully saturated rings. The summed E-state index contributed by atoms with van der Waals surface area (Å²) in [5.41, 5.74) is 7.60. The van der Waals surface area contributed by atoms with Gasteiger partial charge in [0.05, 0.1) is 5.69 Å². The second kappa shape index (κ2) is 2.98. The van der Waals surface area contributed by atoms with Gasteiger partial charge in [-0.25, -0.2) is 4.98 Å². The van der Waals surface area contributed by atoms with Crippen molar-refractivity contribution in [2.24, 2.45) is 11.7 Å². The fraction of sp³-hybridized carbons (Fsp3) is 0.727. The normalized spacial score (nSPS) is 27.5. The molecule has 82 valence electrons. The first-order valence-electron chi connectivity index (χ1n) is 5.60. The summed E-state index contributed by atoms with van der Waals surface area (Å²) in [6, 6.07) is 0. The SMILES string of the molecule is Cc1nc(Cl)c2n1CC(C1(N)CC1)CC2. The Hall–Kier alpha value is -0.540. The number of imidazole rings is 1. The molecule has 0 spiro atoms. The van der Waals surface area contributed by atoms with Crippen molar-refractivity contribution in [3.8, 4) is 0 Å². The lowest BCUT2D eigenvalue weighted by molar-refractivity contribution is 0.295. The Morgan fingerprint density at radius 3 is 2.93 bits per heavy atom. The van der Waals surface area contributed by atoms with Gasteiger partial charge in [-0.1, -0.05) is 11.6 Å². The van der Waals surface area contributed by atoms with E-state index in [-0.39, 0.29) is 5.54 Å². The third kappa shape index (κ3) is 1.41. The Balaban J connectivity index is 1.92. The lowest BCUT2D eigenvalue weighted by Gasteiger charge is -2.29. The summed E-state index contributed by atoms with van der Waals surface area (Å²) in [7, 11) is 0. The second-order valence-corrected chi connectivity index (χ2v) is 5.33. The molecule has 0 aromatic carbocycles. The average molecular weight is 226 g/mol. The molecule has 15 heavy (non-hydrogen) atoms. The molecule has 1 aliphatic carbocycles. The summed E-state index contributed by atoms with van der Waals surface area (Å²) in [6.07, 6.45) is 4.58. The molecule has 1 aromatic heterocycles. The molecule has 1 aromatic rings. The molecule has 2 aliphatic rings. The number of aromatic nitrogens is 2. The number of nitrogens with zero attached hydrogens (tertiary/aromatic N) is 2. The van der Waals surface area contributed by atoms with Crippen molar-refractivity contribution in [2.45, 2.75) is 44.7 Å². The van der Waals surface area contributed by atoms with Crippen LogP contribution in [-0.4, -0.2) is 15.1 Å². The van der Waals surface area contributed by atoms with Crippen molar-refractivity contribution in [2.75, 3.05) is 0 Å². The lowest BCUT2D eigenvalue weighted by Crippen LogP contribution is -2.38. The van der Waals surface area contributed by atoms with E-state index in [1.54, 1.807) is 0 Å². The molecule has 4 heteroatoms. The number of rotatable bonds is 1. The lowest BCUT2D eigenvalue weighted by atomic mass is 9.89. The number of hydrogen-bond donors (Lipinski definition) is 1.